The fourth-order valence-electron chi connectivity index (χ4n) is 2.25. The molecule has 0 radical (unpaired) electrons. The van der Waals surface area contributed by atoms with Crippen LogP contribution in [-0.4, -0.2) is 39.6 Å². The molecular weight excluding hydrogens is 278 g/mol. The molecule has 5 heteroatoms. The summed E-state index contributed by atoms with van der Waals surface area (Å²) in [5, 5.41) is 27.1. The van der Waals surface area contributed by atoms with Gasteiger partial charge in [-0.15, -0.1) is 0 Å². The Balaban J connectivity index is 3.32. The maximum atomic E-state index is 9.30. The van der Waals surface area contributed by atoms with Crippen LogP contribution in [0.15, 0.2) is 0 Å². The second-order valence-corrected chi connectivity index (χ2v) is 6.15. The number of halogens is 1. The molecule has 0 heterocycles. The molecule has 0 aliphatic rings. The third-order valence-corrected chi connectivity index (χ3v) is 4.25. The maximum Gasteiger partial charge on any atom is 0.148 e. The summed E-state index contributed by atoms with van der Waals surface area (Å²) in [6.45, 7) is 0.0268. The number of nitrogens with two attached hydrogens (primary N) is 1. The molecule has 0 fully saturated rings. The fraction of sp³-hybridized carbons (Fsp3) is 1.00. The summed E-state index contributed by atoms with van der Waals surface area (Å²) in [7, 11) is 0. The number of hydrogen-bond acceptors (Lipinski definition) is 4. The van der Waals surface area contributed by atoms with E-state index in [2.05, 4.69) is 0 Å². The van der Waals surface area contributed by atoms with Crippen LogP contribution in [0, 0.1) is 0 Å². The predicted molar refractivity (Wildman–Crippen MR) is 83.7 cm³/mol. The maximum absolute atomic E-state index is 9.30. The van der Waals surface area contributed by atoms with E-state index < -0.39 is 11.1 Å². The topological polar surface area (TPSA) is 86.7 Å². The van der Waals surface area contributed by atoms with Gasteiger partial charge >= 0.3 is 0 Å². The molecule has 0 amide bonds. The van der Waals surface area contributed by atoms with E-state index in [1.54, 1.807) is 0 Å². The highest BCUT2D eigenvalue weighted by molar-refractivity contribution is 6.20. The van der Waals surface area contributed by atoms with Crippen molar-refractivity contribution in [1.82, 2.24) is 0 Å². The Hall–Kier alpha value is 0.130. The predicted octanol–water partition coefficient (Wildman–Crippen LogP) is 2.52. The van der Waals surface area contributed by atoms with Gasteiger partial charge in [0.2, 0.25) is 0 Å². The van der Waals surface area contributed by atoms with Crippen LogP contribution in [0.3, 0.4) is 0 Å². The van der Waals surface area contributed by atoms with Gasteiger partial charge < -0.3 is 21.1 Å². The van der Waals surface area contributed by atoms with Gasteiger partial charge in [0, 0.05) is 6.61 Å². The molecule has 2 atom stereocenters. The SMILES string of the molecule is NC(CO)(CCCCCCCCCCCCO)C(O)Cl. The molecule has 0 saturated heterocycles. The summed E-state index contributed by atoms with van der Waals surface area (Å²) in [6.07, 6.45) is 12.0. The smallest absolute Gasteiger partial charge is 0.148 e. The van der Waals surface area contributed by atoms with E-state index in [-0.39, 0.29) is 6.61 Å². The standard InChI is InChI=1S/C15H32ClNO3/c16-14(20)15(17,13-19)11-9-7-5-3-1-2-4-6-8-10-12-18/h14,18-20H,1-13,17H2. The van der Waals surface area contributed by atoms with Crippen molar-refractivity contribution >= 4 is 11.6 Å². The lowest BCUT2D eigenvalue weighted by Gasteiger charge is -2.28. The quantitative estimate of drug-likeness (QED) is 0.293. The first-order valence-electron chi connectivity index (χ1n) is 7.89. The van der Waals surface area contributed by atoms with Crippen LogP contribution in [0.2, 0.25) is 0 Å². The summed E-state index contributed by atoms with van der Waals surface area (Å²) in [4.78, 5) is 0. The summed E-state index contributed by atoms with van der Waals surface area (Å²) in [5.41, 5.74) is 3.56. The third kappa shape index (κ3) is 9.94. The van der Waals surface area contributed by atoms with E-state index >= 15 is 0 Å². The zero-order chi connectivity index (χ0) is 15.3. The minimum atomic E-state index is -1.19. The van der Waals surface area contributed by atoms with Crippen LogP contribution in [0.4, 0.5) is 0 Å². The third-order valence-electron chi connectivity index (χ3n) is 3.82. The molecule has 122 valence electrons. The van der Waals surface area contributed by atoms with Crippen LogP contribution in [0.1, 0.15) is 70.6 Å². The first-order valence-corrected chi connectivity index (χ1v) is 8.33. The summed E-state index contributed by atoms with van der Waals surface area (Å²) >= 11 is 5.57. The molecule has 0 aliphatic carbocycles. The lowest BCUT2D eigenvalue weighted by atomic mass is 9.94. The minimum Gasteiger partial charge on any atom is -0.396 e. The Morgan fingerprint density at radius 3 is 1.55 bits per heavy atom. The molecule has 0 spiro atoms. The van der Waals surface area contributed by atoms with Gasteiger partial charge in [0.1, 0.15) is 5.56 Å². The second kappa shape index (κ2) is 12.8. The van der Waals surface area contributed by atoms with Crippen molar-refractivity contribution in [2.75, 3.05) is 13.2 Å². The zero-order valence-electron chi connectivity index (χ0n) is 12.6. The Morgan fingerprint density at radius 1 is 0.800 bits per heavy atom. The fourth-order valence-corrected chi connectivity index (χ4v) is 2.43. The average molecular weight is 310 g/mol. The highest BCUT2D eigenvalue weighted by Gasteiger charge is 2.30. The van der Waals surface area contributed by atoms with Crippen LogP contribution in [0.25, 0.3) is 0 Å². The van der Waals surface area contributed by atoms with E-state index in [1.165, 1.54) is 32.1 Å². The minimum absolute atomic E-state index is 0.286. The molecule has 0 aromatic rings. The molecule has 2 unspecified atom stereocenters. The monoisotopic (exact) mass is 309 g/mol. The van der Waals surface area contributed by atoms with Crippen molar-refractivity contribution in [3.05, 3.63) is 0 Å². The van der Waals surface area contributed by atoms with Gasteiger partial charge in [-0.05, 0) is 12.8 Å². The van der Waals surface area contributed by atoms with E-state index in [4.69, 9.17) is 27.5 Å². The van der Waals surface area contributed by atoms with Gasteiger partial charge in [-0.25, -0.2) is 0 Å². The van der Waals surface area contributed by atoms with Crippen LogP contribution < -0.4 is 5.73 Å². The lowest BCUT2D eigenvalue weighted by molar-refractivity contribution is 0.0864. The van der Waals surface area contributed by atoms with Crippen molar-refractivity contribution < 1.29 is 15.3 Å². The molecule has 20 heavy (non-hydrogen) atoms. The molecule has 0 bridgehead atoms. The normalized spacial score (nSPS) is 16.1. The zero-order valence-corrected chi connectivity index (χ0v) is 13.3. The van der Waals surface area contributed by atoms with Crippen LogP contribution >= 0.6 is 11.6 Å². The Morgan fingerprint density at radius 2 is 1.20 bits per heavy atom. The van der Waals surface area contributed by atoms with Gasteiger partial charge in [-0.1, -0.05) is 69.4 Å². The molecule has 0 aliphatic heterocycles. The van der Waals surface area contributed by atoms with Crippen molar-refractivity contribution in [1.29, 1.82) is 0 Å². The second-order valence-electron chi connectivity index (χ2n) is 5.74. The van der Waals surface area contributed by atoms with E-state index in [0.29, 0.717) is 13.0 Å². The molecule has 0 aromatic heterocycles. The van der Waals surface area contributed by atoms with Crippen LogP contribution in [0.5, 0.6) is 0 Å². The molecular formula is C15H32ClNO3. The van der Waals surface area contributed by atoms with Crippen molar-refractivity contribution in [2.45, 2.75) is 81.7 Å². The Kier molecular flexibility index (Phi) is 12.9. The molecule has 0 aromatic carbocycles. The number of rotatable bonds is 14. The number of unbranched alkanes of at least 4 members (excludes halogenated alkanes) is 9. The number of hydrogen-bond donors (Lipinski definition) is 4. The summed E-state index contributed by atoms with van der Waals surface area (Å²) in [5.74, 6) is 0. The highest BCUT2D eigenvalue weighted by Crippen LogP contribution is 2.20. The first kappa shape index (κ1) is 20.1. The summed E-state index contributed by atoms with van der Waals surface area (Å²) in [6, 6.07) is 0. The van der Waals surface area contributed by atoms with Crippen molar-refractivity contribution in [2.24, 2.45) is 5.73 Å². The lowest BCUT2D eigenvalue weighted by Crippen LogP contribution is -2.51. The average Bonchev–Trinajstić information content (AvgIpc) is 2.44. The molecule has 5 N–H and O–H groups in total. The molecule has 0 rings (SSSR count). The summed E-state index contributed by atoms with van der Waals surface area (Å²) < 4.78 is 0. The molecule has 4 nitrogen and oxygen atoms in total. The van der Waals surface area contributed by atoms with E-state index in [9.17, 15) is 5.11 Å². The first-order chi connectivity index (χ1) is 9.56. The van der Waals surface area contributed by atoms with E-state index in [1.807, 2.05) is 0 Å². The van der Waals surface area contributed by atoms with Crippen molar-refractivity contribution in [3.63, 3.8) is 0 Å². The van der Waals surface area contributed by atoms with Gasteiger partial charge in [0.25, 0.3) is 0 Å². The Bertz CT molecular complexity index is 217. The highest BCUT2D eigenvalue weighted by atomic mass is 35.5. The van der Waals surface area contributed by atoms with Crippen LogP contribution in [-0.2, 0) is 0 Å². The largest absolute Gasteiger partial charge is 0.396 e. The number of aliphatic hydroxyl groups is 3. The van der Waals surface area contributed by atoms with Gasteiger partial charge in [-0.2, -0.15) is 0 Å². The van der Waals surface area contributed by atoms with Gasteiger partial charge in [0.05, 0.1) is 12.1 Å². The Labute approximate surface area is 128 Å². The van der Waals surface area contributed by atoms with Gasteiger partial charge in [-0.3, -0.25) is 0 Å². The number of alkyl halides is 1. The molecule has 0 saturated carbocycles. The number of aliphatic hydroxyl groups excluding tert-OH is 3. The van der Waals surface area contributed by atoms with Crippen molar-refractivity contribution in [3.8, 4) is 0 Å². The van der Waals surface area contributed by atoms with Gasteiger partial charge in [0.15, 0.2) is 0 Å². The van der Waals surface area contributed by atoms with E-state index in [0.717, 1.165) is 32.1 Å².